The Hall–Kier alpha value is 0.0774. The van der Waals surface area contributed by atoms with Gasteiger partial charge in [0.2, 0.25) is 0 Å². The van der Waals surface area contributed by atoms with Crippen LogP contribution in [0.3, 0.4) is 0 Å². The molecule has 28 valence electrons. The molecule has 0 aromatic rings. The van der Waals surface area contributed by atoms with Gasteiger partial charge in [0, 0.05) is 0 Å². The Morgan fingerprint density at radius 1 is 1.50 bits per heavy atom. The van der Waals surface area contributed by atoms with E-state index in [2.05, 4.69) is 0 Å². The summed E-state index contributed by atoms with van der Waals surface area (Å²) >= 11 is 0. The molecule has 0 unspecified atom stereocenters. The molecule has 0 aromatic heterocycles. The summed E-state index contributed by atoms with van der Waals surface area (Å²) in [6, 6.07) is 0. The van der Waals surface area contributed by atoms with Gasteiger partial charge in [0.15, 0.2) is 0 Å². The standard InChI is InChI=1S/C5H7.Li/c1-3-5-4-2;/h1,3-5H,2H3;/q-1;+1/b5-4+;. The SMILES string of the molecule is [CH-]=C/C=C/C.[Li+]. The third-order valence-electron chi connectivity index (χ3n) is 0.304. The molecular formula is C5H7Li. The summed E-state index contributed by atoms with van der Waals surface area (Å²) in [7, 11) is 0. The fourth-order valence-electron chi connectivity index (χ4n) is 0.111. The molecule has 0 amide bonds. The predicted molar refractivity (Wildman–Crippen MR) is 23.7 cm³/mol. The average Bonchev–Trinajstić information content (AvgIpc) is 1.41. The van der Waals surface area contributed by atoms with Crippen LogP contribution in [0.4, 0.5) is 0 Å². The van der Waals surface area contributed by atoms with Crippen LogP contribution in [0.25, 0.3) is 0 Å². The van der Waals surface area contributed by atoms with Crippen LogP contribution in [-0.4, -0.2) is 0 Å². The van der Waals surface area contributed by atoms with Gasteiger partial charge in [-0.1, -0.05) is 6.92 Å². The Kier molecular flexibility index (Phi) is 14.0. The van der Waals surface area contributed by atoms with Gasteiger partial charge in [0.25, 0.3) is 0 Å². The first-order valence-corrected chi connectivity index (χ1v) is 1.58. The molecule has 0 atom stereocenters. The van der Waals surface area contributed by atoms with Crippen molar-refractivity contribution in [3.63, 3.8) is 0 Å². The van der Waals surface area contributed by atoms with Crippen molar-refractivity contribution in [2.45, 2.75) is 6.92 Å². The van der Waals surface area contributed by atoms with Gasteiger partial charge in [-0.2, -0.15) is 6.08 Å². The molecule has 0 aliphatic rings. The van der Waals surface area contributed by atoms with Crippen molar-refractivity contribution in [3.05, 3.63) is 24.8 Å². The number of rotatable bonds is 1. The van der Waals surface area contributed by atoms with Crippen LogP contribution in [0.15, 0.2) is 18.2 Å². The van der Waals surface area contributed by atoms with E-state index in [1.54, 1.807) is 6.08 Å². The summed E-state index contributed by atoms with van der Waals surface area (Å²) < 4.78 is 0. The van der Waals surface area contributed by atoms with Crippen molar-refractivity contribution in [1.82, 2.24) is 0 Å². The van der Waals surface area contributed by atoms with Crippen LogP contribution in [0, 0.1) is 6.58 Å². The van der Waals surface area contributed by atoms with Crippen molar-refractivity contribution in [2.24, 2.45) is 0 Å². The van der Waals surface area contributed by atoms with E-state index in [4.69, 9.17) is 6.58 Å². The molecule has 0 radical (unpaired) electrons. The minimum atomic E-state index is 0. The van der Waals surface area contributed by atoms with E-state index < -0.39 is 0 Å². The molecule has 0 fully saturated rings. The monoisotopic (exact) mass is 74.1 g/mol. The van der Waals surface area contributed by atoms with Crippen molar-refractivity contribution >= 4 is 0 Å². The second-order valence-corrected chi connectivity index (χ2v) is 0.718. The van der Waals surface area contributed by atoms with Gasteiger partial charge in [-0.25, -0.2) is 12.2 Å². The van der Waals surface area contributed by atoms with Crippen LogP contribution in [-0.2, 0) is 0 Å². The molecule has 0 bridgehead atoms. The van der Waals surface area contributed by atoms with E-state index in [1.807, 2.05) is 13.0 Å². The zero-order chi connectivity index (χ0) is 4.12. The van der Waals surface area contributed by atoms with E-state index in [-0.39, 0.29) is 18.9 Å². The van der Waals surface area contributed by atoms with E-state index >= 15 is 0 Å². The van der Waals surface area contributed by atoms with Crippen molar-refractivity contribution < 1.29 is 18.9 Å². The molecule has 0 aliphatic heterocycles. The Morgan fingerprint density at radius 3 is 2.00 bits per heavy atom. The average molecular weight is 74.1 g/mol. The maximum atomic E-state index is 4.93. The molecule has 0 saturated heterocycles. The fraction of sp³-hybridized carbons (Fsp3) is 0.200. The normalized spacial score (nSPS) is 7.50. The van der Waals surface area contributed by atoms with Crippen LogP contribution >= 0.6 is 0 Å². The number of hydrogen-bond acceptors (Lipinski definition) is 0. The largest absolute Gasteiger partial charge is 1.00 e. The second kappa shape index (κ2) is 8.91. The zero-order valence-corrected chi connectivity index (χ0v) is 4.31. The minimum Gasteiger partial charge on any atom is -0.293 e. The van der Waals surface area contributed by atoms with E-state index in [1.165, 1.54) is 6.08 Å². The summed E-state index contributed by atoms with van der Waals surface area (Å²) in [4.78, 5) is 0. The molecule has 1 heteroatoms. The first-order chi connectivity index (χ1) is 2.41. The Balaban J connectivity index is 0. The van der Waals surface area contributed by atoms with Gasteiger partial charge in [0.1, 0.15) is 0 Å². The van der Waals surface area contributed by atoms with E-state index in [0.717, 1.165) is 0 Å². The Bertz CT molecular complexity index is 45.9. The first-order valence-electron chi connectivity index (χ1n) is 1.58. The van der Waals surface area contributed by atoms with Gasteiger partial charge >= 0.3 is 18.9 Å². The van der Waals surface area contributed by atoms with Gasteiger partial charge in [-0.3, -0.25) is 6.58 Å². The Morgan fingerprint density at radius 2 is 2.00 bits per heavy atom. The van der Waals surface area contributed by atoms with Crippen molar-refractivity contribution in [2.75, 3.05) is 0 Å². The maximum Gasteiger partial charge on any atom is 1.00 e. The summed E-state index contributed by atoms with van der Waals surface area (Å²) in [5.74, 6) is 0. The van der Waals surface area contributed by atoms with E-state index in [9.17, 15) is 0 Å². The zero-order valence-electron chi connectivity index (χ0n) is 4.31. The molecule has 0 spiro atoms. The molecule has 6 heavy (non-hydrogen) atoms. The fourth-order valence-corrected chi connectivity index (χ4v) is 0.111. The van der Waals surface area contributed by atoms with Gasteiger partial charge < -0.3 is 0 Å². The van der Waals surface area contributed by atoms with Crippen molar-refractivity contribution in [1.29, 1.82) is 0 Å². The third kappa shape index (κ3) is 8.95. The summed E-state index contributed by atoms with van der Waals surface area (Å²) in [5.41, 5.74) is 0. The molecule has 0 N–H and O–H groups in total. The van der Waals surface area contributed by atoms with E-state index in [0.29, 0.717) is 0 Å². The van der Waals surface area contributed by atoms with Gasteiger partial charge in [-0.05, 0) is 0 Å². The maximum absolute atomic E-state index is 4.93. The van der Waals surface area contributed by atoms with Crippen molar-refractivity contribution in [3.8, 4) is 0 Å². The summed E-state index contributed by atoms with van der Waals surface area (Å²) in [6.07, 6.45) is 5.15. The van der Waals surface area contributed by atoms with Crippen LogP contribution in [0.2, 0.25) is 0 Å². The molecule has 0 nitrogen and oxygen atoms in total. The minimum absolute atomic E-state index is 0. The molecule has 0 aliphatic carbocycles. The second-order valence-electron chi connectivity index (χ2n) is 0.718. The molecular weight excluding hydrogens is 67.0 g/mol. The summed E-state index contributed by atoms with van der Waals surface area (Å²) in [5, 5.41) is 0. The van der Waals surface area contributed by atoms with Gasteiger partial charge in [0.05, 0.1) is 0 Å². The summed E-state index contributed by atoms with van der Waals surface area (Å²) in [6.45, 7) is 6.85. The predicted octanol–water partition coefficient (Wildman–Crippen LogP) is -1.44. The van der Waals surface area contributed by atoms with Crippen LogP contribution < -0.4 is 18.9 Å². The number of hydrogen-bond donors (Lipinski definition) is 0. The molecule has 0 heterocycles. The van der Waals surface area contributed by atoms with Gasteiger partial charge in [-0.15, -0.1) is 0 Å². The smallest absolute Gasteiger partial charge is 0.293 e. The molecule has 0 rings (SSSR count). The first kappa shape index (κ1) is 9.42. The van der Waals surface area contributed by atoms with Crippen LogP contribution in [0.1, 0.15) is 6.92 Å². The molecule has 0 saturated carbocycles. The topological polar surface area (TPSA) is 0 Å². The molecule has 0 aromatic carbocycles. The number of allylic oxidation sites excluding steroid dienone is 3. The Labute approximate surface area is 51.1 Å². The third-order valence-corrected chi connectivity index (χ3v) is 0.304. The van der Waals surface area contributed by atoms with Crippen LogP contribution in [0.5, 0.6) is 0 Å². The quantitative estimate of drug-likeness (QED) is 0.203.